The molecule has 18 heavy (non-hydrogen) atoms. The van der Waals surface area contributed by atoms with Gasteiger partial charge < -0.3 is 14.8 Å². The standard InChI is InChI=1S/C14H16FNO2/c15-11-2-3-12-10(8-11)9-13(18-12)14(17)4-1-6-16-7-5-14/h2-3,8-9,16-17H,1,4-7H2. The summed E-state index contributed by atoms with van der Waals surface area (Å²) in [5, 5.41) is 14.6. The van der Waals surface area contributed by atoms with Crippen molar-refractivity contribution in [1.82, 2.24) is 5.32 Å². The zero-order chi connectivity index (χ0) is 12.6. The fourth-order valence-electron chi connectivity index (χ4n) is 2.54. The number of benzene rings is 1. The minimum Gasteiger partial charge on any atom is -0.458 e. The molecule has 1 unspecified atom stereocenters. The highest BCUT2D eigenvalue weighted by Crippen LogP contribution is 2.35. The molecule has 96 valence electrons. The molecule has 0 amide bonds. The number of aliphatic hydroxyl groups is 1. The Balaban J connectivity index is 2.02. The number of rotatable bonds is 1. The molecule has 1 atom stereocenters. The molecule has 1 saturated heterocycles. The molecule has 3 nitrogen and oxygen atoms in total. The number of hydrogen-bond acceptors (Lipinski definition) is 3. The lowest BCUT2D eigenvalue weighted by molar-refractivity contribution is 0.00428. The first-order valence-corrected chi connectivity index (χ1v) is 6.30. The van der Waals surface area contributed by atoms with Gasteiger partial charge in [0.05, 0.1) is 0 Å². The SMILES string of the molecule is OC1(c2cc3cc(F)ccc3o2)CCCNCC1. The summed E-state index contributed by atoms with van der Waals surface area (Å²) in [6.07, 6.45) is 2.19. The maximum Gasteiger partial charge on any atom is 0.136 e. The average Bonchev–Trinajstić information content (AvgIpc) is 2.65. The highest BCUT2D eigenvalue weighted by molar-refractivity contribution is 5.78. The van der Waals surface area contributed by atoms with Crippen molar-refractivity contribution in [1.29, 1.82) is 0 Å². The summed E-state index contributed by atoms with van der Waals surface area (Å²) in [5.74, 6) is 0.260. The third-order valence-electron chi connectivity index (χ3n) is 3.60. The summed E-state index contributed by atoms with van der Waals surface area (Å²) in [4.78, 5) is 0. The minimum atomic E-state index is -0.932. The topological polar surface area (TPSA) is 45.4 Å². The van der Waals surface area contributed by atoms with Gasteiger partial charge in [-0.3, -0.25) is 0 Å². The molecule has 2 heterocycles. The molecule has 0 bridgehead atoms. The van der Waals surface area contributed by atoms with Crippen LogP contribution < -0.4 is 5.32 Å². The summed E-state index contributed by atoms with van der Waals surface area (Å²) in [6, 6.07) is 6.16. The number of fused-ring (bicyclic) bond motifs is 1. The van der Waals surface area contributed by atoms with E-state index in [1.165, 1.54) is 12.1 Å². The Kier molecular flexibility index (Phi) is 2.84. The lowest BCUT2D eigenvalue weighted by Crippen LogP contribution is -2.26. The summed E-state index contributed by atoms with van der Waals surface area (Å²) in [6.45, 7) is 1.68. The maximum atomic E-state index is 13.1. The van der Waals surface area contributed by atoms with Gasteiger partial charge in [0.1, 0.15) is 22.8 Å². The second-order valence-corrected chi connectivity index (χ2v) is 4.93. The Morgan fingerprint density at radius 3 is 3.00 bits per heavy atom. The van der Waals surface area contributed by atoms with E-state index in [1.807, 2.05) is 0 Å². The molecule has 4 heteroatoms. The van der Waals surface area contributed by atoms with Crippen LogP contribution in [0.2, 0.25) is 0 Å². The largest absolute Gasteiger partial charge is 0.458 e. The zero-order valence-electron chi connectivity index (χ0n) is 10.1. The van der Waals surface area contributed by atoms with Crippen molar-refractivity contribution in [2.45, 2.75) is 24.9 Å². The Hall–Kier alpha value is -1.39. The lowest BCUT2D eigenvalue weighted by atomic mass is 9.92. The van der Waals surface area contributed by atoms with Crippen molar-refractivity contribution in [2.24, 2.45) is 0 Å². The van der Waals surface area contributed by atoms with Gasteiger partial charge in [-0.05, 0) is 56.6 Å². The normalized spacial score (nSPS) is 25.2. The monoisotopic (exact) mass is 249 g/mol. The second-order valence-electron chi connectivity index (χ2n) is 4.93. The zero-order valence-corrected chi connectivity index (χ0v) is 10.1. The van der Waals surface area contributed by atoms with Gasteiger partial charge >= 0.3 is 0 Å². The number of hydrogen-bond donors (Lipinski definition) is 2. The Morgan fingerprint density at radius 1 is 1.22 bits per heavy atom. The van der Waals surface area contributed by atoms with Gasteiger partial charge in [-0.25, -0.2) is 4.39 Å². The molecule has 0 spiro atoms. The van der Waals surface area contributed by atoms with Crippen molar-refractivity contribution < 1.29 is 13.9 Å². The molecule has 1 aromatic carbocycles. The molecule has 0 saturated carbocycles. The van der Waals surface area contributed by atoms with Crippen molar-refractivity contribution >= 4 is 11.0 Å². The molecule has 2 aromatic rings. The van der Waals surface area contributed by atoms with E-state index in [0.717, 1.165) is 19.5 Å². The summed E-state index contributed by atoms with van der Waals surface area (Å²) < 4.78 is 18.8. The van der Waals surface area contributed by atoms with Crippen LogP contribution >= 0.6 is 0 Å². The number of nitrogens with one attached hydrogen (secondary N) is 1. The fraction of sp³-hybridized carbons (Fsp3) is 0.429. The molecule has 0 radical (unpaired) electrons. The first-order valence-electron chi connectivity index (χ1n) is 6.30. The van der Waals surface area contributed by atoms with Crippen molar-refractivity contribution in [3.8, 4) is 0 Å². The first-order chi connectivity index (χ1) is 8.67. The van der Waals surface area contributed by atoms with Gasteiger partial charge in [0.25, 0.3) is 0 Å². The van der Waals surface area contributed by atoms with E-state index >= 15 is 0 Å². The molecule has 2 N–H and O–H groups in total. The Morgan fingerprint density at radius 2 is 2.11 bits per heavy atom. The lowest BCUT2D eigenvalue weighted by Gasteiger charge is -2.23. The van der Waals surface area contributed by atoms with Crippen molar-refractivity contribution in [3.05, 3.63) is 35.8 Å². The van der Waals surface area contributed by atoms with Crippen LogP contribution in [0.15, 0.2) is 28.7 Å². The van der Waals surface area contributed by atoms with Crippen molar-refractivity contribution in [2.75, 3.05) is 13.1 Å². The third kappa shape index (κ3) is 2.02. The molecular weight excluding hydrogens is 233 g/mol. The van der Waals surface area contributed by atoms with Crippen molar-refractivity contribution in [3.63, 3.8) is 0 Å². The molecule has 0 aliphatic carbocycles. The average molecular weight is 249 g/mol. The second kappa shape index (κ2) is 4.37. The highest BCUT2D eigenvalue weighted by Gasteiger charge is 2.33. The van der Waals surface area contributed by atoms with Gasteiger partial charge in [0, 0.05) is 5.39 Å². The van der Waals surface area contributed by atoms with E-state index in [-0.39, 0.29) is 5.82 Å². The van der Waals surface area contributed by atoms with Crippen LogP contribution in [0, 0.1) is 5.82 Å². The van der Waals surface area contributed by atoms with E-state index in [9.17, 15) is 9.50 Å². The summed E-state index contributed by atoms with van der Waals surface area (Å²) >= 11 is 0. The number of furan rings is 1. The van der Waals surface area contributed by atoms with E-state index in [1.54, 1.807) is 12.1 Å². The minimum absolute atomic E-state index is 0.288. The fourth-order valence-corrected chi connectivity index (χ4v) is 2.54. The van der Waals surface area contributed by atoms with Crippen LogP contribution in [0.4, 0.5) is 4.39 Å². The van der Waals surface area contributed by atoms with E-state index < -0.39 is 5.60 Å². The molecule has 1 aromatic heterocycles. The molecular formula is C14H16FNO2. The Bertz CT molecular complexity index is 556. The van der Waals surface area contributed by atoms with Crippen LogP contribution in [0.3, 0.4) is 0 Å². The molecule has 1 fully saturated rings. The molecule has 1 aliphatic rings. The summed E-state index contributed by atoms with van der Waals surface area (Å²) in [7, 11) is 0. The van der Waals surface area contributed by atoms with Crippen LogP contribution in [-0.4, -0.2) is 18.2 Å². The molecule has 3 rings (SSSR count). The summed E-state index contributed by atoms with van der Waals surface area (Å²) in [5.41, 5.74) is -0.309. The highest BCUT2D eigenvalue weighted by atomic mass is 19.1. The first kappa shape index (κ1) is 11.7. The van der Waals surface area contributed by atoms with E-state index in [4.69, 9.17) is 4.42 Å². The van der Waals surface area contributed by atoms with Crippen LogP contribution in [0.25, 0.3) is 11.0 Å². The predicted octanol–water partition coefficient (Wildman–Crippen LogP) is 2.53. The van der Waals surface area contributed by atoms with Crippen LogP contribution in [0.1, 0.15) is 25.0 Å². The van der Waals surface area contributed by atoms with E-state index in [0.29, 0.717) is 29.6 Å². The Labute approximate surface area is 105 Å². The number of halogens is 1. The maximum absolute atomic E-state index is 13.1. The quantitative estimate of drug-likeness (QED) is 0.816. The molecule has 1 aliphatic heterocycles. The van der Waals surface area contributed by atoms with Crippen LogP contribution in [0.5, 0.6) is 0 Å². The van der Waals surface area contributed by atoms with Gasteiger partial charge in [-0.2, -0.15) is 0 Å². The predicted molar refractivity (Wildman–Crippen MR) is 66.8 cm³/mol. The third-order valence-corrected chi connectivity index (χ3v) is 3.60. The van der Waals surface area contributed by atoms with Gasteiger partial charge in [-0.1, -0.05) is 0 Å². The van der Waals surface area contributed by atoms with Gasteiger partial charge in [0.15, 0.2) is 0 Å². The van der Waals surface area contributed by atoms with Gasteiger partial charge in [-0.15, -0.1) is 0 Å². The van der Waals surface area contributed by atoms with Gasteiger partial charge in [0.2, 0.25) is 0 Å². The van der Waals surface area contributed by atoms with E-state index in [2.05, 4.69) is 5.32 Å². The smallest absolute Gasteiger partial charge is 0.136 e. The van der Waals surface area contributed by atoms with Crippen LogP contribution in [-0.2, 0) is 5.60 Å².